The van der Waals surface area contributed by atoms with Crippen molar-refractivity contribution in [2.24, 2.45) is 0 Å². The lowest BCUT2D eigenvalue weighted by atomic mass is 9.80. The molecule has 4 rings (SSSR count). The highest BCUT2D eigenvalue weighted by atomic mass is 16.5. The van der Waals surface area contributed by atoms with Crippen LogP contribution < -0.4 is 26.7 Å². The van der Waals surface area contributed by atoms with Gasteiger partial charge in [0.2, 0.25) is 5.95 Å². The number of methoxy groups -OCH3 is 2. The van der Waals surface area contributed by atoms with E-state index in [-0.39, 0.29) is 18.8 Å². The van der Waals surface area contributed by atoms with Gasteiger partial charge >= 0.3 is 19.1 Å². The summed E-state index contributed by atoms with van der Waals surface area (Å²) in [5.41, 5.74) is 9.61. The van der Waals surface area contributed by atoms with Crippen molar-refractivity contribution in [3.8, 4) is 0 Å². The van der Waals surface area contributed by atoms with E-state index in [0.29, 0.717) is 46.8 Å². The zero-order chi connectivity index (χ0) is 32.5. The predicted molar refractivity (Wildman–Crippen MR) is 166 cm³/mol. The first-order valence-electron chi connectivity index (χ1n) is 13.8. The van der Waals surface area contributed by atoms with Crippen LogP contribution in [0.5, 0.6) is 0 Å². The van der Waals surface area contributed by atoms with Crippen molar-refractivity contribution >= 4 is 59.0 Å². The Morgan fingerprint density at radius 2 is 1.71 bits per heavy atom. The third-order valence-electron chi connectivity index (χ3n) is 6.84. The van der Waals surface area contributed by atoms with Crippen LogP contribution in [-0.2, 0) is 32.2 Å². The number of benzene rings is 2. The van der Waals surface area contributed by atoms with Crippen LogP contribution in [0.4, 0.5) is 17.5 Å². The number of ether oxygens (including phenoxy) is 2. The van der Waals surface area contributed by atoms with Gasteiger partial charge in [-0.2, -0.15) is 9.97 Å². The number of carbonyl (C=O) groups is 3. The number of nitrogens with zero attached hydrogens (tertiary/aromatic N) is 5. The maximum absolute atomic E-state index is 12.8. The molecule has 15 nitrogen and oxygen atoms in total. The summed E-state index contributed by atoms with van der Waals surface area (Å²) in [6.07, 6.45) is 1.58. The Morgan fingerprint density at radius 3 is 2.36 bits per heavy atom. The van der Waals surface area contributed by atoms with Crippen molar-refractivity contribution in [1.29, 1.82) is 0 Å². The topological polar surface area (TPSA) is 215 Å². The molecule has 0 fully saturated rings. The summed E-state index contributed by atoms with van der Waals surface area (Å²) in [6.45, 7) is 0.728. The quantitative estimate of drug-likeness (QED) is 0.0999. The van der Waals surface area contributed by atoms with Crippen LogP contribution in [0.3, 0.4) is 0 Å². The predicted octanol–water partition coefficient (Wildman–Crippen LogP) is 0.155. The van der Waals surface area contributed by atoms with Crippen LogP contribution >= 0.6 is 0 Å². The number of anilines is 3. The van der Waals surface area contributed by atoms with E-state index in [4.69, 9.17) is 15.5 Å². The normalized spacial score (nSPS) is 11.4. The molecule has 0 aliphatic heterocycles. The maximum Gasteiger partial charge on any atom is 0.488 e. The molecule has 6 N–H and O–H groups in total. The number of nitrogens with one attached hydrogen (secondary N) is 2. The molecular weight excluding hydrogens is 583 g/mol. The average molecular weight is 616 g/mol. The van der Waals surface area contributed by atoms with Gasteiger partial charge in [-0.25, -0.2) is 14.8 Å². The summed E-state index contributed by atoms with van der Waals surface area (Å²) >= 11 is 0. The Bertz CT molecular complexity index is 1660. The fourth-order valence-corrected chi connectivity index (χ4v) is 4.35. The monoisotopic (exact) mass is 616 g/mol. The van der Waals surface area contributed by atoms with Crippen molar-refractivity contribution in [3.05, 3.63) is 71.5 Å². The Morgan fingerprint density at radius 1 is 1.00 bits per heavy atom. The highest BCUT2D eigenvalue weighted by molar-refractivity contribution is 6.58. The highest BCUT2D eigenvalue weighted by Crippen LogP contribution is 2.21. The lowest BCUT2D eigenvalue weighted by molar-refractivity contribution is -0.144. The van der Waals surface area contributed by atoms with Gasteiger partial charge in [0, 0.05) is 31.3 Å². The molecular formula is C29H33BN8O7. The Kier molecular flexibility index (Phi) is 10.8. The molecule has 4 aromatic rings. The van der Waals surface area contributed by atoms with E-state index in [1.165, 1.54) is 14.2 Å². The van der Waals surface area contributed by atoms with E-state index >= 15 is 0 Å². The molecule has 45 heavy (non-hydrogen) atoms. The molecule has 0 aliphatic rings. The van der Waals surface area contributed by atoms with Crippen LogP contribution in [0.2, 0.25) is 0 Å². The van der Waals surface area contributed by atoms with Crippen molar-refractivity contribution in [2.45, 2.75) is 32.0 Å². The molecule has 0 saturated heterocycles. The standard InChI is InChI=1S/C29H33BN8O7/c1-38(21-10-6-18(7-11-21)27(40)35-22(28(41)45-3)12-13-23(39)44-2)16-20-15-33-26-24(34-20)25(36-29(31)37-26)32-14-17-4-8-19(9-5-17)30(42)43/h4-11,15,22,42-43H,12-14,16H2,1-3H3,(H,35,40)(H3,31,32,33,36,37). The molecule has 0 aliphatic carbocycles. The molecule has 2 heterocycles. The van der Waals surface area contributed by atoms with Gasteiger partial charge in [-0.15, -0.1) is 0 Å². The van der Waals surface area contributed by atoms with E-state index in [9.17, 15) is 24.4 Å². The van der Waals surface area contributed by atoms with Crippen molar-refractivity contribution < 1.29 is 33.9 Å². The number of hydrogen-bond acceptors (Lipinski definition) is 14. The molecule has 0 saturated carbocycles. The third-order valence-corrected chi connectivity index (χ3v) is 6.84. The SMILES string of the molecule is COC(=O)CCC(NC(=O)c1ccc(N(C)Cc2cnc3nc(N)nc(NCc4ccc(B(O)O)cc4)c3n2)cc1)C(=O)OC. The maximum atomic E-state index is 12.8. The van der Waals surface area contributed by atoms with Crippen molar-refractivity contribution in [2.75, 3.05) is 37.2 Å². The molecule has 1 amide bonds. The van der Waals surface area contributed by atoms with E-state index in [0.717, 1.165) is 11.3 Å². The lowest BCUT2D eigenvalue weighted by Gasteiger charge is -2.20. The van der Waals surface area contributed by atoms with Gasteiger partial charge in [0.1, 0.15) is 6.04 Å². The zero-order valence-electron chi connectivity index (χ0n) is 24.9. The molecule has 234 valence electrons. The number of esters is 2. The molecule has 2 aromatic carbocycles. The van der Waals surface area contributed by atoms with Crippen LogP contribution in [0.25, 0.3) is 11.2 Å². The molecule has 1 atom stereocenters. The molecule has 2 aromatic heterocycles. The second-order valence-corrected chi connectivity index (χ2v) is 10.00. The number of aromatic nitrogens is 4. The summed E-state index contributed by atoms with van der Waals surface area (Å²) in [5.74, 6) is -1.23. The first kappa shape index (κ1) is 32.6. The second kappa shape index (κ2) is 14.9. The minimum atomic E-state index is -1.54. The first-order valence-corrected chi connectivity index (χ1v) is 13.8. The van der Waals surface area contributed by atoms with Crippen LogP contribution in [0.15, 0.2) is 54.7 Å². The van der Waals surface area contributed by atoms with E-state index in [1.54, 1.807) is 54.7 Å². The molecule has 1 unspecified atom stereocenters. The second-order valence-electron chi connectivity index (χ2n) is 10.00. The fraction of sp³-hybridized carbons (Fsp3) is 0.276. The molecule has 0 spiro atoms. The summed E-state index contributed by atoms with van der Waals surface area (Å²) < 4.78 is 9.36. The van der Waals surface area contributed by atoms with Gasteiger partial charge in [0.15, 0.2) is 17.0 Å². The van der Waals surface area contributed by atoms with Crippen molar-refractivity contribution in [3.63, 3.8) is 0 Å². The number of amides is 1. The highest BCUT2D eigenvalue weighted by Gasteiger charge is 2.23. The van der Waals surface area contributed by atoms with Gasteiger partial charge in [-0.3, -0.25) is 9.59 Å². The Balaban J connectivity index is 1.43. The Labute approximate surface area is 259 Å². The smallest absolute Gasteiger partial charge is 0.469 e. The van der Waals surface area contributed by atoms with E-state index in [1.807, 2.05) is 11.9 Å². The lowest BCUT2D eigenvalue weighted by Crippen LogP contribution is -2.41. The Hall–Kier alpha value is -5.35. The van der Waals surface area contributed by atoms with Crippen LogP contribution in [0.1, 0.15) is 34.5 Å². The fourth-order valence-electron chi connectivity index (χ4n) is 4.35. The van der Waals surface area contributed by atoms with Gasteiger partial charge in [0.25, 0.3) is 5.91 Å². The minimum absolute atomic E-state index is 0.0356. The number of nitrogens with two attached hydrogens (primary N) is 1. The number of nitrogen functional groups attached to an aromatic ring is 1. The van der Waals surface area contributed by atoms with Gasteiger partial charge in [0.05, 0.1) is 32.7 Å². The first-order chi connectivity index (χ1) is 21.6. The number of hydrogen-bond donors (Lipinski definition) is 5. The van der Waals surface area contributed by atoms with Crippen molar-refractivity contribution in [1.82, 2.24) is 25.3 Å². The third kappa shape index (κ3) is 8.61. The van der Waals surface area contributed by atoms with Gasteiger partial charge in [-0.1, -0.05) is 24.3 Å². The van der Waals surface area contributed by atoms with Gasteiger partial charge in [-0.05, 0) is 41.7 Å². The number of fused-ring (bicyclic) bond motifs is 1. The largest absolute Gasteiger partial charge is 0.488 e. The molecule has 0 radical (unpaired) electrons. The molecule has 16 heteroatoms. The zero-order valence-corrected chi connectivity index (χ0v) is 24.9. The summed E-state index contributed by atoms with van der Waals surface area (Å²) in [4.78, 5) is 55.9. The average Bonchev–Trinajstić information content (AvgIpc) is 3.05. The minimum Gasteiger partial charge on any atom is -0.469 e. The van der Waals surface area contributed by atoms with Gasteiger partial charge < -0.3 is 40.8 Å². The number of rotatable bonds is 13. The van der Waals surface area contributed by atoms with E-state index < -0.39 is 31.0 Å². The molecule has 0 bridgehead atoms. The van der Waals surface area contributed by atoms with Crippen LogP contribution in [0, 0.1) is 0 Å². The number of carbonyl (C=O) groups excluding carboxylic acids is 3. The van der Waals surface area contributed by atoms with Crippen LogP contribution in [-0.4, -0.2) is 82.3 Å². The summed E-state index contributed by atoms with van der Waals surface area (Å²) in [6, 6.07) is 12.5. The summed E-state index contributed by atoms with van der Waals surface area (Å²) in [5, 5.41) is 24.4. The summed E-state index contributed by atoms with van der Waals surface area (Å²) in [7, 11) is 2.76. The van der Waals surface area contributed by atoms with E-state index in [2.05, 4.69) is 30.3 Å².